The van der Waals surface area contributed by atoms with Crippen molar-refractivity contribution < 1.29 is 0 Å². The van der Waals surface area contributed by atoms with Crippen LogP contribution >= 0.6 is 0 Å². The monoisotopic (exact) mass is 255 g/mol. The maximum Gasteiger partial charge on any atom is 0.169 e. The zero-order valence-corrected chi connectivity index (χ0v) is 10.4. The molecule has 0 aliphatic heterocycles. The smallest absolute Gasteiger partial charge is 0.169 e. The third kappa shape index (κ3) is 2.17. The second kappa shape index (κ2) is 4.52. The van der Waals surface area contributed by atoms with Gasteiger partial charge in [-0.1, -0.05) is 12.1 Å². The van der Waals surface area contributed by atoms with E-state index in [9.17, 15) is 0 Å². The topological polar surface area (TPSA) is 94.5 Å². The summed E-state index contributed by atoms with van der Waals surface area (Å²) >= 11 is 0. The molecule has 7 nitrogen and oxygen atoms in total. The highest BCUT2D eigenvalue weighted by Gasteiger charge is 2.07. The van der Waals surface area contributed by atoms with Gasteiger partial charge >= 0.3 is 0 Å². The second-order valence-electron chi connectivity index (χ2n) is 4.16. The van der Waals surface area contributed by atoms with Crippen LogP contribution in [-0.2, 0) is 13.6 Å². The minimum atomic E-state index is 0.376. The summed E-state index contributed by atoms with van der Waals surface area (Å²) in [6, 6.07) is 7.60. The van der Waals surface area contributed by atoms with Crippen LogP contribution in [0.4, 0.5) is 11.6 Å². The highest BCUT2D eigenvalue weighted by Crippen LogP contribution is 2.18. The molecular weight excluding hydrogens is 242 g/mol. The Hall–Kier alpha value is -2.70. The van der Waals surface area contributed by atoms with Gasteiger partial charge < -0.3 is 15.6 Å². The Morgan fingerprint density at radius 1 is 1.21 bits per heavy atom. The summed E-state index contributed by atoms with van der Waals surface area (Å²) in [5.41, 5.74) is 7.47. The van der Waals surface area contributed by atoms with Crippen molar-refractivity contribution in [1.82, 2.24) is 24.7 Å². The fourth-order valence-electron chi connectivity index (χ4n) is 1.77. The SMILES string of the molecule is Cn1cnnc1CNc1nc2ccccc2nc1N. The number of hydrogen-bond donors (Lipinski definition) is 2. The van der Waals surface area contributed by atoms with Gasteiger partial charge in [0.1, 0.15) is 6.33 Å². The van der Waals surface area contributed by atoms with E-state index in [2.05, 4.69) is 25.5 Å². The molecule has 2 aromatic heterocycles. The maximum absolute atomic E-state index is 5.89. The van der Waals surface area contributed by atoms with Crippen LogP contribution in [-0.4, -0.2) is 24.7 Å². The predicted octanol–water partition coefficient (Wildman–Crippen LogP) is 0.953. The van der Waals surface area contributed by atoms with Crippen molar-refractivity contribution in [2.45, 2.75) is 6.54 Å². The highest BCUT2D eigenvalue weighted by atomic mass is 15.3. The van der Waals surface area contributed by atoms with Gasteiger partial charge in [0.2, 0.25) is 0 Å². The van der Waals surface area contributed by atoms with Crippen LogP contribution in [0.25, 0.3) is 11.0 Å². The minimum Gasteiger partial charge on any atom is -0.381 e. The summed E-state index contributed by atoms with van der Waals surface area (Å²) in [6.07, 6.45) is 1.65. The zero-order valence-electron chi connectivity index (χ0n) is 10.4. The molecule has 0 bridgehead atoms. The number of nitrogens with two attached hydrogens (primary N) is 1. The number of nitrogens with zero attached hydrogens (tertiary/aromatic N) is 5. The number of rotatable bonds is 3. The number of para-hydroxylation sites is 2. The number of aryl methyl sites for hydroxylation is 1. The molecular formula is C12H13N7. The lowest BCUT2D eigenvalue weighted by molar-refractivity contribution is 0.810. The lowest BCUT2D eigenvalue weighted by atomic mass is 10.3. The van der Waals surface area contributed by atoms with Crippen LogP contribution in [0.3, 0.4) is 0 Å². The standard InChI is InChI=1S/C12H13N7/c1-19-7-15-18-10(19)6-14-12-11(13)16-8-4-2-3-5-9(8)17-12/h2-5,7H,6H2,1H3,(H2,13,16)(H,14,17). The number of nitrogens with one attached hydrogen (secondary N) is 1. The molecule has 1 aromatic carbocycles. The van der Waals surface area contributed by atoms with Crippen LogP contribution in [0.2, 0.25) is 0 Å². The maximum atomic E-state index is 5.89. The van der Waals surface area contributed by atoms with Crippen molar-refractivity contribution in [3.8, 4) is 0 Å². The van der Waals surface area contributed by atoms with E-state index < -0.39 is 0 Å². The lowest BCUT2D eigenvalue weighted by Gasteiger charge is -2.08. The van der Waals surface area contributed by atoms with Gasteiger partial charge in [0.05, 0.1) is 17.6 Å². The summed E-state index contributed by atoms with van der Waals surface area (Å²) in [4.78, 5) is 8.76. The number of anilines is 2. The van der Waals surface area contributed by atoms with Gasteiger partial charge in [-0.05, 0) is 12.1 Å². The molecule has 0 radical (unpaired) electrons. The molecule has 0 unspecified atom stereocenters. The van der Waals surface area contributed by atoms with E-state index in [1.165, 1.54) is 0 Å². The van der Waals surface area contributed by atoms with Crippen molar-refractivity contribution in [2.75, 3.05) is 11.1 Å². The molecule has 3 N–H and O–H groups in total. The van der Waals surface area contributed by atoms with Crippen molar-refractivity contribution in [1.29, 1.82) is 0 Å². The molecule has 0 amide bonds. The predicted molar refractivity (Wildman–Crippen MR) is 72.3 cm³/mol. The van der Waals surface area contributed by atoms with Gasteiger partial charge in [-0.25, -0.2) is 9.97 Å². The Bertz CT molecular complexity index is 719. The van der Waals surface area contributed by atoms with E-state index in [1.54, 1.807) is 6.33 Å². The summed E-state index contributed by atoms with van der Waals surface area (Å²) in [6.45, 7) is 0.494. The normalized spacial score (nSPS) is 10.8. The molecule has 0 saturated carbocycles. The molecule has 0 aliphatic rings. The number of fused-ring (bicyclic) bond motifs is 1. The van der Waals surface area contributed by atoms with E-state index in [1.807, 2.05) is 35.9 Å². The largest absolute Gasteiger partial charge is 0.381 e. The third-order valence-electron chi connectivity index (χ3n) is 2.82. The molecule has 0 atom stereocenters. The fourth-order valence-corrected chi connectivity index (χ4v) is 1.77. The van der Waals surface area contributed by atoms with Gasteiger partial charge in [-0.15, -0.1) is 10.2 Å². The Balaban J connectivity index is 1.88. The molecule has 7 heteroatoms. The van der Waals surface area contributed by atoms with E-state index in [0.29, 0.717) is 18.2 Å². The Kier molecular flexibility index (Phi) is 2.71. The summed E-state index contributed by atoms with van der Waals surface area (Å²) in [5.74, 6) is 1.73. The molecule has 96 valence electrons. The van der Waals surface area contributed by atoms with Crippen LogP contribution in [0, 0.1) is 0 Å². The van der Waals surface area contributed by atoms with Gasteiger partial charge in [-0.2, -0.15) is 0 Å². The molecule has 0 spiro atoms. The number of hydrogen-bond acceptors (Lipinski definition) is 6. The molecule has 0 saturated heterocycles. The number of benzene rings is 1. The van der Waals surface area contributed by atoms with Crippen LogP contribution in [0.15, 0.2) is 30.6 Å². The van der Waals surface area contributed by atoms with Crippen molar-refractivity contribution in [3.63, 3.8) is 0 Å². The first-order valence-corrected chi connectivity index (χ1v) is 5.83. The van der Waals surface area contributed by atoms with Gasteiger partial charge in [-0.3, -0.25) is 0 Å². The number of aromatic nitrogens is 5. The van der Waals surface area contributed by atoms with E-state index in [0.717, 1.165) is 16.9 Å². The van der Waals surface area contributed by atoms with E-state index in [4.69, 9.17) is 5.73 Å². The Morgan fingerprint density at radius 2 is 1.95 bits per heavy atom. The van der Waals surface area contributed by atoms with E-state index >= 15 is 0 Å². The molecule has 3 rings (SSSR count). The van der Waals surface area contributed by atoms with Gasteiger partial charge in [0, 0.05) is 7.05 Å². The van der Waals surface area contributed by atoms with Crippen molar-refractivity contribution >= 4 is 22.7 Å². The number of nitrogen functional groups attached to an aromatic ring is 1. The lowest BCUT2D eigenvalue weighted by Crippen LogP contribution is -2.09. The summed E-state index contributed by atoms with van der Waals surface area (Å²) < 4.78 is 1.83. The van der Waals surface area contributed by atoms with Crippen molar-refractivity contribution in [2.24, 2.45) is 7.05 Å². The highest BCUT2D eigenvalue weighted by molar-refractivity contribution is 5.79. The molecule has 0 fully saturated rings. The average Bonchev–Trinajstić information content (AvgIpc) is 2.82. The third-order valence-corrected chi connectivity index (χ3v) is 2.82. The Labute approximate surface area is 109 Å². The second-order valence-corrected chi connectivity index (χ2v) is 4.16. The first kappa shape index (κ1) is 11.4. The quantitative estimate of drug-likeness (QED) is 0.723. The molecule has 0 aliphatic carbocycles. The summed E-state index contributed by atoms with van der Waals surface area (Å²) in [5, 5.41) is 10.9. The van der Waals surface area contributed by atoms with Crippen molar-refractivity contribution in [3.05, 3.63) is 36.4 Å². The van der Waals surface area contributed by atoms with Crippen LogP contribution < -0.4 is 11.1 Å². The van der Waals surface area contributed by atoms with Crippen LogP contribution in [0.1, 0.15) is 5.82 Å². The minimum absolute atomic E-state index is 0.376. The Morgan fingerprint density at radius 3 is 2.63 bits per heavy atom. The van der Waals surface area contributed by atoms with Gasteiger partial charge in [0.25, 0.3) is 0 Å². The molecule has 3 aromatic rings. The fraction of sp³-hybridized carbons (Fsp3) is 0.167. The first-order valence-electron chi connectivity index (χ1n) is 5.83. The molecule has 19 heavy (non-hydrogen) atoms. The summed E-state index contributed by atoms with van der Waals surface area (Å²) in [7, 11) is 1.88. The van der Waals surface area contributed by atoms with Gasteiger partial charge in [0.15, 0.2) is 17.5 Å². The van der Waals surface area contributed by atoms with E-state index in [-0.39, 0.29) is 0 Å². The van der Waals surface area contributed by atoms with Crippen LogP contribution in [0.5, 0.6) is 0 Å². The molecule has 2 heterocycles. The average molecular weight is 255 g/mol. The zero-order chi connectivity index (χ0) is 13.2. The first-order chi connectivity index (χ1) is 9.24.